The quantitative estimate of drug-likeness (QED) is 0.910. The summed E-state index contributed by atoms with van der Waals surface area (Å²) in [6.07, 6.45) is 1.34. The van der Waals surface area contributed by atoms with Crippen molar-refractivity contribution in [2.45, 2.75) is 39.3 Å². The Labute approximate surface area is 125 Å². The maximum absolute atomic E-state index is 12.1. The lowest BCUT2D eigenvalue weighted by atomic mass is 10.2. The smallest absolute Gasteiger partial charge is 0.410 e. The van der Waals surface area contributed by atoms with E-state index in [1.165, 1.54) is 0 Å². The number of amides is 1. The number of nitrogens with zero attached hydrogens (tertiary/aromatic N) is 2. The molecule has 0 aliphatic carbocycles. The summed E-state index contributed by atoms with van der Waals surface area (Å²) in [7, 11) is 0. The molecule has 6 heteroatoms. The Kier molecular flexibility index (Phi) is 4.55. The molecule has 116 valence electrons. The number of hydrogen-bond donors (Lipinski definition) is 1. The average Bonchev–Trinajstić information content (AvgIpc) is 2.91. The third kappa shape index (κ3) is 4.51. The van der Waals surface area contributed by atoms with Gasteiger partial charge in [-0.2, -0.15) is 0 Å². The van der Waals surface area contributed by atoms with Gasteiger partial charge in [0.1, 0.15) is 17.2 Å². The zero-order chi connectivity index (χ0) is 15.5. The van der Waals surface area contributed by atoms with Gasteiger partial charge in [0.15, 0.2) is 0 Å². The van der Waals surface area contributed by atoms with Crippen molar-refractivity contribution in [3.63, 3.8) is 0 Å². The van der Waals surface area contributed by atoms with Crippen LogP contribution in [0.2, 0.25) is 0 Å². The van der Waals surface area contributed by atoms with Crippen LogP contribution in [-0.2, 0) is 4.74 Å². The van der Waals surface area contributed by atoms with Crippen LogP contribution in [-0.4, -0.2) is 42.1 Å². The number of nitrogens with one attached hydrogen (secondary N) is 1. The Balaban J connectivity index is 1.91. The van der Waals surface area contributed by atoms with Crippen LogP contribution in [0, 0.1) is 0 Å². The van der Waals surface area contributed by atoms with Crippen LogP contribution in [0.4, 0.5) is 4.79 Å². The van der Waals surface area contributed by atoms with Gasteiger partial charge in [-0.1, -0.05) is 0 Å². The minimum Gasteiger partial charge on any atom is -0.467 e. The highest BCUT2D eigenvalue weighted by Gasteiger charge is 2.25. The normalized spacial score (nSPS) is 17.1. The highest BCUT2D eigenvalue weighted by atomic mass is 16.6. The van der Waals surface area contributed by atoms with Crippen LogP contribution >= 0.6 is 0 Å². The van der Waals surface area contributed by atoms with E-state index in [1.807, 2.05) is 39.8 Å². The lowest BCUT2D eigenvalue weighted by molar-refractivity contribution is 0.0276. The number of hydrogen-bond acceptors (Lipinski definition) is 5. The first kappa shape index (κ1) is 15.4. The Morgan fingerprint density at radius 1 is 1.52 bits per heavy atom. The second-order valence-corrected chi connectivity index (χ2v) is 6.11. The van der Waals surface area contributed by atoms with E-state index in [0.29, 0.717) is 19.6 Å². The fourth-order valence-corrected chi connectivity index (χ4v) is 2.05. The number of aliphatic imine (C=N–C) groups is 1. The van der Waals surface area contributed by atoms with E-state index in [2.05, 4.69) is 10.3 Å². The predicted molar refractivity (Wildman–Crippen MR) is 80.4 cm³/mol. The van der Waals surface area contributed by atoms with E-state index in [-0.39, 0.29) is 12.1 Å². The van der Waals surface area contributed by atoms with E-state index < -0.39 is 5.60 Å². The van der Waals surface area contributed by atoms with E-state index in [1.54, 1.807) is 11.2 Å². The minimum absolute atomic E-state index is 0.0114. The van der Waals surface area contributed by atoms with Crippen LogP contribution in [0.5, 0.6) is 0 Å². The van der Waals surface area contributed by atoms with Gasteiger partial charge in [-0.05, 0) is 39.8 Å². The van der Waals surface area contributed by atoms with Crippen LogP contribution in [0.15, 0.2) is 27.8 Å². The van der Waals surface area contributed by atoms with Crippen molar-refractivity contribution in [3.8, 4) is 0 Å². The van der Waals surface area contributed by atoms with Gasteiger partial charge in [-0.15, -0.1) is 0 Å². The number of furan rings is 1. The molecule has 1 aliphatic rings. The number of carbonyl (C=O) groups is 1. The lowest BCUT2D eigenvalue weighted by Crippen LogP contribution is -2.47. The fourth-order valence-electron chi connectivity index (χ4n) is 2.05. The third-order valence-corrected chi connectivity index (χ3v) is 3.02. The van der Waals surface area contributed by atoms with E-state index >= 15 is 0 Å². The lowest BCUT2D eigenvalue weighted by Gasteiger charge is -2.30. The highest BCUT2D eigenvalue weighted by Crippen LogP contribution is 2.14. The first-order valence-electron chi connectivity index (χ1n) is 7.16. The van der Waals surface area contributed by atoms with Gasteiger partial charge in [-0.25, -0.2) is 4.79 Å². The standard InChI is InChI=1S/C15H23N3O3/c1-11(12-6-5-9-20-12)17-13-10-18(8-7-16-13)14(19)21-15(2,3)4/h5-6,9,11H,7-8,10H2,1-4H3,(H,16,17). The minimum atomic E-state index is -0.485. The summed E-state index contributed by atoms with van der Waals surface area (Å²) >= 11 is 0. The monoisotopic (exact) mass is 293 g/mol. The molecule has 1 N–H and O–H groups in total. The number of ether oxygens (including phenoxy) is 1. The molecule has 1 amide bonds. The van der Waals surface area contributed by atoms with Crippen molar-refractivity contribution < 1.29 is 13.9 Å². The topological polar surface area (TPSA) is 67.1 Å². The molecule has 1 aromatic rings. The van der Waals surface area contributed by atoms with Gasteiger partial charge in [-0.3, -0.25) is 9.89 Å². The molecule has 2 rings (SSSR count). The summed E-state index contributed by atoms with van der Waals surface area (Å²) in [6, 6.07) is 3.77. The second kappa shape index (κ2) is 6.20. The zero-order valence-corrected chi connectivity index (χ0v) is 13.0. The summed E-state index contributed by atoms with van der Waals surface area (Å²) < 4.78 is 10.7. The maximum Gasteiger partial charge on any atom is 0.410 e. The molecule has 0 spiro atoms. The van der Waals surface area contributed by atoms with Crippen LogP contribution in [0.3, 0.4) is 0 Å². The van der Waals surface area contributed by atoms with Crippen LogP contribution < -0.4 is 5.32 Å². The number of carbonyl (C=O) groups excluding carboxylic acids is 1. The SMILES string of the molecule is CC(NC1=NCCN(C(=O)OC(C)(C)C)C1)c1ccco1. The number of amidine groups is 1. The summed E-state index contributed by atoms with van der Waals surface area (Å²) in [5, 5.41) is 3.28. The Bertz CT molecular complexity index is 503. The van der Waals surface area contributed by atoms with Crippen molar-refractivity contribution >= 4 is 11.9 Å². The van der Waals surface area contributed by atoms with Gasteiger partial charge >= 0.3 is 6.09 Å². The van der Waals surface area contributed by atoms with Gasteiger partial charge < -0.3 is 14.5 Å². The molecule has 0 saturated carbocycles. The summed E-state index contributed by atoms with van der Waals surface area (Å²) in [5.74, 6) is 1.61. The molecule has 0 bridgehead atoms. The summed E-state index contributed by atoms with van der Waals surface area (Å²) in [5.41, 5.74) is -0.485. The molecule has 1 aromatic heterocycles. The molecular weight excluding hydrogens is 270 g/mol. The van der Waals surface area contributed by atoms with Gasteiger partial charge in [0.2, 0.25) is 0 Å². The van der Waals surface area contributed by atoms with Gasteiger partial charge in [0.25, 0.3) is 0 Å². The van der Waals surface area contributed by atoms with Gasteiger partial charge in [0.05, 0.1) is 25.4 Å². The first-order valence-corrected chi connectivity index (χ1v) is 7.16. The van der Waals surface area contributed by atoms with E-state index in [9.17, 15) is 4.79 Å². The second-order valence-electron chi connectivity index (χ2n) is 6.11. The van der Waals surface area contributed by atoms with E-state index in [4.69, 9.17) is 9.15 Å². The fraction of sp³-hybridized carbons (Fsp3) is 0.600. The van der Waals surface area contributed by atoms with Crippen molar-refractivity contribution in [3.05, 3.63) is 24.2 Å². The van der Waals surface area contributed by atoms with Crippen molar-refractivity contribution in [1.29, 1.82) is 0 Å². The highest BCUT2D eigenvalue weighted by molar-refractivity contribution is 5.88. The zero-order valence-electron chi connectivity index (χ0n) is 13.0. The Morgan fingerprint density at radius 3 is 2.90 bits per heavy atom. The van der Waals surface area contributed by atoms with Crippen molar-refractivity contribution in [2.75, 3.05) is 19.6 Å². The molecule has 1 aliphatic heterocycles. The molecule has 0 fully saturated rings. The largest absolute Gasteiger partial charge is 0.467 e. The molecule has 1 unspecified atom stereocenters. The summed E-state index contributed by atoms with van der Waals surface area (Å²) in [6.45, 7) is 9.17. The molecule has 1 atom stereocenters. The van der Waals surface area contributed by atoms with Crippen LogP contribution in [0.1, 0.15) is 39.5 Å². The Hall–Kier alpha value is -1.98. The molecule has 2 heterocycles. The number of rotatable bonds is 2. The van der Waals surface area contributed by atoms with E-state index in [0.717, 1.165) is 11.6 Å². The molecule has 6 nitrogen and oxygen atoms in total. The van der Waals surface area contributed by atoms with Crippen molar-refractivity contribution in [2.24, 2.45) is 4.99 Å². The molecule has 0 radical (unpaired) electrons. The third-order valence-electron chi connectivity index (χ3n) is 3.02. The van der Waals surface area contributed by atoms with Crippen molar-refractivity contribution in [1.82, 2.24) is 10.2 Å². The maximum atomic E-state index is 12.1. The first-order chi connectivity index (χ1) is 9.85. The molecular formula is C15H23N3O3. The molecule has 0 saturated heterocycles. The predicted octanol–water partition coefficient (Wildman–Crippen LogP) is 2.58. The average molecular weight is 293 g/mol. The van der Waals surface area contributed by atoms with Gasteiger partial charge in [0, 0.05) is 6.54 Å². The Morgan fingerprint density at radius 2 is 2.29 bits per heavy atom. The molecule has 21 heavy (non-hydrogen) atoms. The van der Waals surface area contributed by atoms with Crippen LogP contribution in [0.25, 0.3) is 0 Å². The molecule has 0 aromatic carbocycles. The summed E-state index contributed by atoms with van der Waals surface area (Å²) in [4.78, 5) is 18.2.